The second-order valence-corrected chi connectivity index (χ2v) is 4.90. The molecule has 1 amide bonds. The highest BCUT2D eigenvalue weighted by molar-refractivity contribution is 6.01. The van der Waals surface area contributed by atoms with Crippen LogP contribution in [-0.4, -0.2) is 43.0 Å². The van der Waals surface area contributed by atoms with Crippen molar-refractivity contribution in [2.45, 2.75) is 6.92 Å². The smallest absolute Gasteiger partial charge is 0.241 e. The molecule has 0 unspecified atom stereocenters. The molecule has 0 atom stereocenters. The van der Waals surface area contributed by atoms with Gasteiger partial charge in [-0.25, -0.2) is 0 Å². The van der Waals surface area contributed by atoms with Crippen molar-refractivity contribution in [3.05, 3.63) is 30.6 Å². The number of nitrogens with zero attached hydrogens (tertiary/aromatic N) is 3. The fourth-order valence-electron chi connectivity index (χ4n) is 2.14. The molecule has 5 heteroatoms. The zero-order valence-corrected chi connectivity index (χ0v) is 12.1. The van der Waals surface area contributed by atoms with Crippen LogP contribution in [0.25, 0.3) is 10.8 Å². The molecule has 2 aromatic rings. The first-order valence-corrected chi connectivity index (χ1v) is 6.62. The Hall–Kier alpha value is -2.30. The number of aromatic nitrogens is 1. The van der Waals surface area contributed by atoms with Gasteiger partial charge in [-0.05, 0) is 25.1 Å². The number of benzene rings is 1. The highest BCUT2D eigenvalue weighted by Gasteiger charge is 2.14. The standard InChI is InChI=1S/C15H20N4O/c1-4-19(10-15(20)18(2)3)14-6-5-13(16)12-9-17-8-7-11(12)14/h5-9H,4,10,16H2,1-3H3. The van der Waals surface area contributed by atoms with Gasteiger partial charge in [0.25, 0.3) is 0 Å². The van der Waals surface area contributed by atoms with Crippen molar-refractivity contribution >= 4 is 28.1 Å². The molecule has 0 saturated carbocycles. The van der Waals surface area contributed by atoms with E-state index in [1.54, 1.807) is 31.4 Å². The molecule has 1 aromatic carbocycles. The zero-order chi connectivity index (χ0) is 14.7. The molecular weight excluding hydrogens is 252 g/mol. The van der Waals surface area contributed by atoms with Gasteiger partial charge in [0.1, 0.15) is 0 Å². The van der Waals surface area contributed by atoms with Crippen molar-refractivity contribution in [2.24, 2.45) is 0 Å². The number of nitrogens with two attached hydrogens (primary N) is 1. The Morgan fingerprint density at radius 2 is 2.00 bits per heavy atom. The lowest BCUT2D eigenvalue weighted by molar-refractivity contribution is -0.127. The number of amides is 1. The number of fused-ring (bicyclic) bond motifs is 1. The second-order valence-electron chi connectivity index (χ2n) is 4.90. The third kappa shape index (κ3) is 2.66. The van der Waals surface area contributed by atoms with Crippen LogP contribution in [0, 0.1) is 0 Å². The minimum Gasteiger partial charge on any atom is -0.398 e. The summed E-state index contributed by atoms with van der Waals surface area (Å²) in [5.41, 5.74) is 7.69. The predicted octanol–water partition coefficient (Wildman–Crippen LogP) is 1.73. The van der Waals surface area contributed by atoms with Crippen LogP contribution < -0.4 is 10.6 Å². The largest absolute Gasteiger partial charge is 0.398 e. The summed E-state index contributed by atoms with van der Waals surface area (Å²) >= 11 is 0. The van der Waals surface area contributed by atoms with Gasteiger partial charge in [0.2, 0.25) is 5.91 Å². The molecule has 0 fully saturated rings. The van der Waals surface area contributed by atoms with E-state index in [9.17, 15) is 4.79 Å². The molecule has 0 aliphatic rings. The molecule has 20 heavy (non-hydrogen) atoms. The van der Waals surface area contributed by atoms with Crippen molar-refractivity contribution in [2.75, 3.05) is 37.8 Å². The minimum atomic E-state index is 0.0749. The van der Waals surface area contributed by atoms with E-state index in [1.165, 1.54) is 0 Å². The Labute approximate surface area is 119 Å². The van der Waals surface area contributed by atoms with Gasteiger partial charge in [-0.15, -0.1) is 0 Å². The number of hydrogen-bond donors (Lipinski definition) is 1. The summed E-state index contributed by atoms with van der Waals surface area (Å²) < 4.78 is 0. The SMILES string of the molecule is CCN(CC(=O)N(C)C)c1ccc(N)c2cnccc12. The molecule has 2 rings (SSSR count). The summed E-state index contributed by atoms with van der Waals surface area (Å²) in [6, 6.07) is 5.76. The van der Waals surface area contributed by atoms with E-state index in [0.717, 1.165) is 23.0 Å². The summed E-state index contributed by atoms with van der Waals surface area (Å²) in [6.07, 6.45) is 3.50. The number of hydrogen-bond acceptors (Lipinski definition) is 4. The van der Waals surface area contributed by atoms with Crippen LogP contribution in [0.2, 0.25) is 0 Å². The van der Waals surface area contributed by atoms with Gasteiger partial charge in [-0.3, -0.25) is 9.78 Å². The van der Waals surface area contributed by atoms with Crippen LogP contribution >= 0.6 is 0 Å². The molecule has 0 bridgehead atoms. The Morgan fingerprint density at radius 1 is 1.25 bits per heavy atom. The molecule has 0 aliphatic heterocycles. The van der Waals surface area contributed by atoms with Gasteiger partial charge in [-0.1, -0.05) is 0 Å². The molecule has 1 aromatic heterocycles. The highest BCUT2D eigenvalue weighted by Crippen LogP contribution is 2.30. The number of likely N-dealkylation sites (N-methyl/N-ethyl adjacent to an activating group) is 2. The summed E-state index contributed by atoms with van der Waals surface area (Å²) in [6.45, 7) is 3.14. The lowest BCUT2D eigenvalue weighted by atomic mass is 10.1. The summed E-state index contributed by atoms with van der Waals surface area (Å²) in [7, 11) is 3.53. The maximum atomic E-state index is 11.9. The number of pyridine rings is 1. The van der Waals surface area contributed by atoms with Crippen molar-refractivity contribution in [3.8, 4) is 0 Å². The van der Waals surface area contributed by atoms with Gasteiger partial charge < -0.3 is 15.5 Å². The molecule has 2 N–H and O–H groups in total. The monoisotopic (exact) mass is 272 g/mol. The Balaban J connectivity index is 2.45. The van der Waals surface area contributed by atoms with Crippen LogP contribution in [0.4, 0.5) is 11.4 Å². The summed E-state index contributed by atoms with van der Waals surface area (Å²) in [4.78, 5) is 19.7. The fourth-order valence-corrected chi connectivity index (χ4v) is 2.14. The molecule has 106 valence electrons. The predicted molar refractivity (Wildman–Crippen MR) is 82.7 cm³/mol. The van der Waals surface area contributed by atoms with Crippen LogP contribution in [0.5, 0.6) is 0 Å². The van der Waals surface area contributed by atoms with Crippen LogP contribution in [-0.2, 0) is 4.79 Å². The minimum absolute atomic E-state index is 0.0749. The third-order valence-corrected chi connectivity index (χ3v) is 3.38. The molecule has 0 aliphatic carbocycles. The lowest BCUT2D eigenvalue weighted by Crippen LogP contribution is -2.36. The molecule has 0 saturated heterocycles. The van der Waals surface area contributed by atoms with Gasteiger partial charge in [-0.2, -0.15) is 0 Å². The molecule has 1 heterocycles. The normalized spacial score (nSPS) is 10.6. The zero-order valence-electron chi connectivity index (χ0n) is 12.1. The van der Waals surface area contributed by atoms with E-state index in [4.69, 9.17) is 5.73 Å². The average Bonchev–Trinajstić information content (AvgIpc) is 2.45. The molecule has 5 nitrogen and oxygen atoms in total. The fraction of sp³-hybridized carbons (Fsp3) is 0.333. The summed E-state index contributed by atoms with van der Waals surface area (Å²) in [5.74, 6) is 0.0749. The first-order chi connectivity index (χ1) is 9.54. The van der Waals surface area contributed by atoms with Gasteiger partial charge in [0.05, 0.1) is 6.54 Å². The Bertz CT molecular complexity index is 624. The van der Waals surface area contributed by atoms with Crippen molar-refractivity contribution in [1.29, 1.82) is 0 Å². The van der Waals surface area contributed by atoms with Crippen LogP contribution in [0.15, 0.2) is 30.6 Å². The van der Waals surface area contributed by atoms with Crippen molar-refractivity contribution in [1.82, 2.24) is 9.88 Å². The Kier molecular flexibility index (Phi) is 4.08. The van der Waals surface area contributed by atoms with Gasteiger partial charge >= 0.3 is 0 Å². The number of rotatable bonds is 4. The number of carbonyl (C=O) groups is 1. The van der Waals surface area contributed by atoms with Gasteiger partial charge in [0, 0.05) is 55.2 Å². The van der Waals surface area contributed by atoms with E-state index in [1.807, 2.05) is 30.0 Å². The molecular formula is C15H20N4O. The van der Waals surface area contributed by atoms with E-state index < -0.39 is 0 Å². The molecule has 0 radical (unpaired) electrons. The summed E-state index contributed by atoms with van der Waals surface area (Å²) in [5, 5.41) is 1.94. The van der Waals surface area contributed by atoms with Crippen molar-refractivity contribution < 1.29 is 4.79 Å². The maximum Gasteiger partial charge on any atom is 0.241 e. The van der Waals surface area contributed by atoms with E-state index in [0.29, 0.717) is 12.2 Å². The quantitative estimate of drug-likeness (QED) is 0.861. The lowest BCUT2D eigenvalue weighted by Gasteiger charge is -2.25. The van der Waals surface area contributed by atoms with Gasteiger partial charge in [0.15, 0.2) is 0 Å². The molecule has 0 spiro atoms. The second kappa shape index (κ2) is 5.77. The average molecular weight is 272 g/mol. The maximum absolute atomic E-state index is 11.9. The topological polar surface area (TPSA) is 62.5 Å². The first kappa shape index (κ1) is 14.1. The highest BCUT2D eigenvalue weighted by atomic mass is 16.2. The third-order valence-electron chi connectivity index (χ3n) is 3.38. The van der Waals surface area contributed by atoms with Crippen LogP contribution in [0.3, 0.4) is 0 Å². The van der Waals surface area contributed by atoms with E-state index in [-0.39, 0.29) is 5.91 Å². The van der Waals surface area contributed by atoms with E-state index in [2.05, 4.69) is 4.98 Å². The number of carbonyl (C=O) groups excluding carboxylic acids is 1. The van der Waals surface area contributed by atoms with Crippen LogP contribution in [0.1, 0.15) is 6.92 Å². The van der Waals surface area contributed by atoms with E-state index >= 15 is 0 Å². The first-order valence-electron chi connectivity index (χ1n) is 6.62. The Morgan fingerprint density at radius 3 is 2.65 bits per heavy atom. The number of nitrogen functional groups attached to an aromatic ring is 1. The van der Waals surface area contributed by atoms with Crippen molar-refractivity contribution in [3.63, 3.8) is 0 Å². The number of anilines is 2.